The summed E-state index contributed by atoms with van der Waals surface area (Å²) in [5.41, 5.74) is 0.363. The Bertz CT molecular complexity index is 573. The minimum Gasteiger partial charge on any atom is -0.310 e. The monoisotopic (exact) mass is 316 g/mol. The summed E-state index contributed by atoms with van der Waals surface area (Å²) < 4.78 is 40.2. The first-order valence-electron chi connectivity index (χ1n) is 7.20. The van der Waals surface area contributed by atoms with Crippen LogP contribution in [0.2, 0.25) is 0 Å². The second kappa shape index (κ2) is 7.33. The fraction of sp³-hybridized carbons (Fsp3) is 0.600. The number of nitrogens with one attached hydrogen (secondary N) is 1. The molecule has 0 amide bonds. The normalized spacial score (nSPS) is 13.9. The molecule has 4 nitrogen and oxygen atoms in total. The Morgan fingerprint density at radius 1 is 1.29 bits per heavy atom. The van der Waals surface area contributed by atoms with Crippen molar-refractivity contribution < 1.29 is 12.8 Å². The van der Waals surface area contributed by atoms with Crippen LogP contribution in [0.15, 0.2) is 23.1 Å². The lowest BCUT2D eigenvalue weighted by Gasteiger charge is -2.23. The summed E-state index contributed by atoms with van der Waals surface area (Å²) in [5.74, 6) is -0.395. The number of sulfonamides is 1. The number of halogens is 1. The van der Waals surface area contributed by atoms with Gasteiger partial charge < -0.3 is 5.32 Å². The molecule has 0 aliphatic carbocycles. The summed E-state index contributed by atoms with van der Waals surface area (Å²) in [6, 6.07) is 4.06. The Balaban J connectivity index is 3.11. The van der Waals surface area contributed by atoms with E-state index in [1.807, 2.05) is 27.7 Å². The first kappa shape index (κ1) is 18.1. The van der Waals surface area contributed by atoms with E-state index < -0.39 is 15.8 Å². The van der Waals surface area contributed by atoms with Crippen LogP contribution in [-0.2, 0) is 16.6 Å². The van der Waals surface area contributed by atoms with Gasteiger partial charge in [0.1, 0.15) is 5.82 Å². The van der Waals surface area contributed by atoms with Gasteiger partial charge >= 0.3 is 0 Å². The molecule has 1 atom stereocenters. The second-order valence-corrected chi connectivity index (χ2v) is 7.56. The Morgan fingerprint density at radius 3 is 2.43 bits per heavy atom. The summed E-state index contributed by atoms with van der Waals surface area (Å²) in [4.78, 5) is 0.132. The Hall–Kier alpha value is -0.980. The van der Waals surface area contributed by atoms with Gasteiger partial charge in [-0.1, -0.05) is 20.8 Å². The maximum Gasteiger partial charge on any atom is 0.243 e. The highest BCUT2D eigenvalue weighted by molar-refractivity contribution is 7.89. The molecule has 120 valence electrons. The average molecular weight is 316 g/mol. The second-order valence-electron chi connectivity index (χ2n) is 5.57. The van der Waals surface area contributed by atoms with Crippen molar-refractivity contribution in [2.45, 2.75) is 57.6 Å². The van der Waals surface area contributed by atoms with Gasteiger partial charge in [-0.05, 0) is 31.5 Å². The molecule has 0 radical (unpaired) electrons. The highest BCUT2D eigenvalue weighted by Crippen LogP contribution is 2.20. The van der Waals surface area contributed by atoms with Crippen LogP contribution in [0.4, 0.5) is 4.39 Å². The molecule has 0 aliphatic heterocycles. The summed E-state index contributed by atoms with van der Waals surface area (Å²) >= 11 is 0. The largest absolute Gasteiger partial charge is 0.310 e. The Labute approximate surface area is 127 Å². The summed E-state index contributed by atoms with van der Waals surface area (Å²) in [6.45, 7) is 7.99. The smallest absolute Gasteiger partial charge is 0.243 e. The van der Waals surface area contributed by atoms with Gasteiger partial charge in [-0.2, -0.15) is 4.31 Å². The lowest BCUT2D eigenvalue weighted by Crippen LogP contribution is -2.34. The van der Waals surface area contributed by atoms with Crippen LogP contribution < -0.4 is 5.32 Å². The minimum absolute atomic E-state index is 0.0997. The highest BCUT2D eigenvalue weighted by Gasteiger charge is 2.25. The van der Waals surface area contributed by atoms with Gasteiger partial charge in [0.15, 0.2) is 0 Å². The molecule has 0 saturated heterocycles. The predicted molar refractivity (Wildman–Crippen MR) is 83.1 cm³/mol. The third-order valence-corrected chi connectivity index (χ3v) is 5.57. The molecule has 0 bridgehead atoms. The van der Waals surface area contributed by atoms with Crippen LogP contribution in [0, 0.1) is 5.82 Å². The SMILES string of the molecule is CCC(C)N(C)S(=O)(=O)c1ccc(F)c(CNC(C)C)c1. The van der Waals surface area contributed by atoms with Gasteiger partial charge in [0.2, 0.25) is 10.0 Å². The van der Waals surface area contributed by atoms with E-state index in [0.717, 1.165) is 6.42 Å². The van der Waals surface area contributed by atoms with E-state index in [4.69, 9.17) is 0 Å². The fourth-order valence-electron chi connectivity index (χ4n) is 1.82. The van der Waals surface area contributed by atoms with Crippen LogP contribution in [0.1, 0.15) is 39.7 Å². The van der Waals surface area contributed by atoms with E-state index in [1.54, 1.807) is 7.05 Å². The lowest BCUT2D eigenvalue weighted by atomic mass is 10.2. The first-order valence-corrected chi connectivity index (χ1v) is 8.64. The molecule has 6 heteroatoms. The van der Waals surface area contributed by atoms with Gasteiger partial charge in [-0.3, -0.25) is 0 Å². The van der Waals surface area contributed by atoms with Crippen LogP contribution in [0.5, 0.6) is 0 Å². The van der Waals surface area contributed by atoms with E-state index in [-0.39, 0.29) is 17.0 Å². The number of benzene rings is 1. The summed E-state index contributed by atoms with van der Waals surface area (Å²) in [6.07, 6.45) is 0.721. The molecular weight excluding hydrogens is 291 g/mol. The number of nitrogens with zero attached hydrogens (tertiary/aromatic N) is 1. The molecule has 1 unspecified atom stereocenters. The van der Waals surface area contributed by atoms with Crippen molar-refractivity contribution in [3.05, 3.63) is 29.6 Å². The molecular formula is C15H25FN2O2S. The van der Waals surface area contributed by atoms with Crippen LogP contribution in [0.25, 0.3) is 0 Å². The number of rotatable bonds is 7. The Kier molecular flexibility index (Phi) is 6.31. The highest BCUT2D eigenvalue weighted by atomic mass is 32.2. The van der Waals surface area contributed by atoms with E-state index in [2.05, 4.69) is 5.32 Å². The van der Waals surface area contributed by atoms with Crippen molar-refractivity contribution in [1.29, 1.82) is 0 Å². The predicted octanol–water partition coefficient (Wildman–Crippen LogP) is 2.74. The summed E-state index contributed by atoms with van der Waals surface area (Å²) in [5, 5.41) is 3.10. The number of hydrogen-bond acceptors (Lipinski definition) is 3. The van der Waals surface area contributed by atoms with Crippen LogP contribution in [0.3, 0.4) is 0 Å². The van der Waals surface area contributed by atoms with Gasteiger partial charge in [0.25, 0.3) is 0 Å². The van der Waals surface area contributed by atoms with Gasteiger partial charge in [0, 0.05) is 31.2 Å². The average Bonchev–Trinajstić information content (AvgIpc) is 2.44. The van der Waals surface area contributed by atoms with Crippen molar-refractivity contribution >= 4 is 10.0 Å². The molecule has 1 aromatic carbocycles. The molecule has 0 aliphatic rings. The minimum atomic E-state index is -3.59. The van der Waals surface area contributed by atoms with E-state index in [9.17, 15) is 12.8 Å². The van der Waals surface area contributed by atoms with E-state index >= 15 is 0 Å². The maximum absolute atomic E-state index is 13.8. The third-order valence-electron chi connectivity index (χ3n) is 3.61. The Morgan fingerprint density at radius 2 is 1.90 bits per heavy atom. The topological polar surface area (TPSA) is 49.4 Å². The fourth-order valence-corrected chi connectivity index (χ4v) is 3.31. The zero-order valence-corrected chi connectivity index (χ0v) is 14.2. The first-order chi connectivity index (χ1) is 9.70. The molecule has 1 aromatic rings. The summed E-state index contributed by atoms with van der Waals surface area (Å²) in [7, 11) is -2.03. The molecule has 0 fully saturated rings. The molecule has 1 N–H and O–H groups in total. The van der Waals surface area contributed by atoms with Crippen molar-refractivity contribution in [2.24, 2.45) is 0 Å². The van der Waals surface area contributed by atoms with Crippen molar-refractivity contribution in [2.75, 3.05) is 7.05 Å². The van der Waals surface area contributed by atoms with Gasteiger partial charge in [0.05, 0.1) is 4.90 Å². The third kappa shape index (κ3) is 4.49. The van der Waals surface area contributed by atoms with E-state index in [1.165, 1.54) is 22.5 Å². The zero-order valence-electron chi connectivity index (χ0n) is 13.4. The number of hydrogen-bond donors (Lipinski definition) is 1. The quantitative estimate of drug-likeness (QED) is 0.841. The molecule has 0 aromatic heterocycles. The van der Waals surface area contributed by atoms with Crippen molar-refractivity contribution in [3.8, 4) is 0 Å². The van der Waals surface area contributed by atoms with E-state index in [0.29, 0.717) is 12.1 Å². The van der Waals surface area contributed by atoms with Crippen LogP contribution in [-0.4, -0.2) is 31.9 Å². The zero-order chi connectivity index (χ0) is 16.2. The van der Waals surface area contributed by atoms with Gasteiger partial charge in [-0.15, -0.1) is 0 Å². The van der Waals surface area contributed by atoms with Gasteiger partial charge in [-0.25, -0.2) is 12.8 Å². The van der Waals surface area contributed by atoms with Crippen molar-refractivity contribution in [3.63, 3.8) is 0 Å². The molecule has 0 heterocycles. The standard InChI is InChI=1S/C15H25FN2O2S/c1-6-12(4)18(5)21(19,20)14-7-8-15(16)13(9-14)10-17-11(2)3/h7-9,11-12,17H,6,10H2,1-5H3. The molecule has 0 spiro atoms. The maximum atomic E-state index is 13.8. The lowest BCUT2D eigenvalue weighted by molar-refractivity contribution is 0.380. The van der Waals surface area contributed by atoms with Crippen molar-refractivity contribution in [1.82, 2.24) is 9.62 Å². The van der Waals surface area contributed by atoms with Crippen LogP contribution >= 0.6 is 0 Å². The molecule has 1 rings (SSSR count). The molecule has 0 saturated carbocycles. The molecule has 21 heavy (non-hydrogen) atoms.